The number of benzene rings is 1. The summed E-state index contributed by atoms with van der Waals surface area (Å²) in [5.74, 6) is 1.24. The Morgan fingerprint density at radius 1 is 1.28 bits per heavy atom. The van der Waals surface area contributed by atoms with Crippen LogP contribution >= 0.6 is 11.6 Å². The molecule has 7 nitrogen and oxygen atoms in total. The first-order valence-corrected chi connectivity index (χ1v) is 8.42. The van der Waals surface area contributed by atoms with E-state index in [1.807, 2.05) is 32.2 Å². The molecule has 3 rings (SSSR count). The molecular formula is C17H21ClN6O. The second kappa shape index (κ2) is 7.67. The van der Waals surface area contributed by atoms with Crippen molar-refractivity contribution in [1.29, 1.82) is 0 Å². The minimum Gasteiger partial charge on any atom is -0.385 e. The molecule has 0 aliphatic heterocycles. The highest BCUT2D eigenvalue weighted by atomic mass is 35.5. The molecule has 0 aliphatic carbocycles. The Bertz CT molecular complexity index is 879. The number of halogens is 1. The highest BCUT2D eigenvalue weighted by molar-refractivity contribution is 6.31. The van der Waals surface area contributed by atoms with Crippen molar-refractivity contribution in [1.82, 2.24) is 19.7 Å². The predicted octanol–water partition coefficient (Wildman–Crippen LogP) is 3.52. The third-order valence-corrected chi connectivity index (χ3v) is 4.24. The molecule has 2 aromatic heterocycles. The number of nitrogens with one attached hydrogen (secondary N) is 2. The van der Waals surface area contributed by atoms with Crippen molar-refractivity contribution in [3.05, 3.63) is 35.0 Å². The third kappa shape index (κ3) is 4.00. The molecule has 0 radical (unpaired) electrons. The fraction of sp³-hybridized carbons (Fsp3) is 0.353. The lowest BCUT2D eigenvalue weighted by atomic mass is 10.2. The van der Waals surface area contributed by atoms with Crippen molar-refractivity contribution in [3.8, 4) is 0 Å². The molecule has 2 heterocycles. The topological polar surface area (TPSA) is 76.9 Å². The molecule has 0 amide bonds. The first-order valence-electron chi connectivity index (χ1n) is 8.04. The van der Waals surface area contributed by atoms with Gasteiger partial charge in [-0.15, -0.1) is 0 Å². The summed E-state index contributed by atoms with van der Waals surface area (Å²) in [7, 11) is 3.55. The summed E-state index contributed by atoms with van der Waals surface area (Å²) in [5, 5.41) is 12.4. The summed E-state index contributed by atoms with van der Waals surface area (Å²) in [6, 6.07) is 5.82. The van der Waals surface area contributed by atoms with E-state index in [1.54, 1.807) is 18.0 Å². The van der Waals surface area contributed by atoms with E-state index in [0.717, 1.165) is 35.2 Å². The maximum Gasteiger partial charge on any atom is 0.226 e. The van der Waals surface area contributed by atoms with Crippen molar-refractivity contribution >= 4 is 40.1 Å². The molecule has 0 bridgehead atoms. The number of aryl methyl sites for hydroxylation is 2. The summed E-state index contributed by atoms with van der Waals surface area (Å²) in [6.07, 6.45) is 2.63. The molecule has 0 aliphatic rings. The van der Waals surface area contributed by atoms with E-state index in [0.29, 0.717) is 23.4 Å². The quantitative estimate of drug-likeness (QED) is 0.628. The van der Waals surface area contributed by atoms with Crippen LogP contribution in [0.1, 0.15) is 12.0 Å². The van der Waals surface area contributed by atoms with Gasteiger partial charge in [0.05, 0.1) is 11.6 Å². The molecule has 0 saturated carbocycles. The van der Waals surface area contributed by atoms with Crippen molar-refractivity contribution in [2.75, 3.05) is 30.9 Å². The maximum absolute atomic E-state index is 6.22. The van der Waals surface area contributed by atoms with Gasteiger partial charge < -0.3 is 15.4 Å². The lowest BCUT2D eigenvalue weighted by Crippen LogP contribution is -2.09. The van der Waals surface area contributed by atoms with Crippen LogP contribution in [0.3, 0.4) is 0 Å². The fourth-order valence-electron chi connectivity index (χ4n) is 2.42. The van der Waals surface area contributed by atoms with Crippen LogP contribution in [0.5, 0.6) is 0 Å². The van der Waals surface area contributed by atoms with Gasteiger partial charge in [-0.1, -0.05) is 17.7 Å². The molecule has 3 aromatic rings. The van der Waals surface area contributed by atoms with Gasteiger partial charge in [-0.05, 0) is 31.0 Å². The lowest BCUT2D eigenvalue weighted by molar-refractivity contribution is 0.197. The molecule has 0 fully saturated rings. The summed E-state index contributed by atoms with van der Waals surface area (Å²) >= 11 is 6.22. The van der Waals surface area contributed by atoms with Crippen molar-refractivity contribution in [2.45, 2.75) is 13.3 Å². The zero-order valence-electron chi connectivity index (χ0n) is 14.5. The highest BCUT2D eigenvalue weighted by Crippen LogP contribution is 2.27. The molecule has 25 heavy (non-hydrogen) atoms. The van der Waals surface area contributed by atoms with Crippen molar-refractivity contribution in [3.63, 3.8) is 0 Å². The molecule has 8 heteroatoms. The van der Waals surface area contributed by atoms with Gasteiger partial charge in [-0.3, -0.25) is 4.68 Å². The molecule has 0 unspecified atom stereocenters. The molecule has 1 aromatic carbocycles. The number of aromatic nitrogens is 4. The lowest BCUT2D eigenvalue weighted by Gasteiger charge is -2.11. The monoisotopic (exact) mass is 360 g/mol. The third-order valence-electron chi connectivity index (χ3n) is 3.84. The second-order valence-electron chi connectivity index (χ2n) is 5.76. The SMILES string of the molecule is COCCCNc1nc(Nc2ccc(C)c(Cl)c2)c2cnn(C)c2n1. The van der Waals surface area contributed by atoms with Gasteiger partial charge in [-0.25, -0.2) is 0 Å². The van der Waals surface area contributed by atoms with E-state index in [2.05, 4.69) is 25.7 Å². The van der Waals surface area contributed by atoms with E-state index in [9.17, 15) is 0 Å². The normalized spacial score (nSPS) is 11.0. The first-order chi connectivity index (χ1) is 12.1. The van der Waals surface area contributed by atoms with Gasteiger partial charge in [0.15, 0.2) is 5.65 Å². The molecule has 0 spiro atoms. The number of ether oxygens (including phenoxy) is 1. The van der Waals surface area contributed by atoms with Crippen LogP contribution < -0.4 is 10.6 Å². The number of rotatable bonds is 7. The van der Waals surface area contributed by atoms with Crippen LogP contribution in [0.15, 0.2) is 24.4 Å². The average molecular weight is 361 g/mol. The smallest absolute Gasteiger partial charge is 0.226 e. The summed E-state index contributed by atoms with van der Waals surface area (Å²) in [4.78, 5) is 9.13. The first kappa shape index (κ1) is 17.4. The van der Waals surface area contributed by atoms with Crippen molar-refractivity contribution < 1.29 is 4.74 Å². The average Bonchev–Trinajstić information content (AvgIpc) is 2.97. The fourth-order valence-corrected chi connectivity index (χ4v) is 2.60. The molecule has 132 valence electrons. The largest absolute Gasteiger partial charge is 0.385 e. The standard InChI is InChI=1S/C17H21ClN6O/c1-11-5-6-12(9-14(11)18)21-15-13-10-20-24(2)16(13)23-17(22-15)19-7-4-8-25-3/h5-6,9-10H,4,7-8H2,1-3H3,(H2,19,21,22,23). The zero-order chi connectivity index (χ0) is 17.8. The van der Waals surface area contributed by atoms with Gasteiger partial charge in [0.25, 0.3) is 0 Å². The van der Waals surface area contributed by atoms with Gasteiger partial charge in [0, 0.05) is 38.0 Å². The van der Waals surface area contributed by atoms with Gasteiger partial charge in [0.2, 0.25) is 5.95 Å². The van der Waals surface area contributed by atoms with Crippen LogP contribution in [0, 0.1) is 6.92 Å². The van der Waals surface area contributed by atoms with E-state index in [4.69, 9.17) is 16.3 Å². The van der Waals surface area contributed by atoms with E-state index >= 15 is 0 Å². The molecule has 0 saturated heterocycles. The van der Waals surface area contributed by atoms with Crippen LogP contribution in [0.25, 0.3) is 11.0 Å². The number of hydrogen-bond acceptors (Lipinski definition) is 6. The zero-order valence-corrected chi connectivity index (χ0v) is 15.3. The summed E-state index contributed by atoms with van der Waals surface area (Å²) in [6.45, 7) is 3.39. The van der Waals surface area contributed by atoms with E-state index in [-0.39, 0.29) is 0 Å². The number of anilines is 3. The minimum atomic E-state index is 0.549. The Morgan fingerprint density at radius 2 is 2.12 bits per heavy atom. The second-order valence-corrected chi connectivity index (χ2v) is 6.17. The number of nitrogens with zero attached hydrogens (tertiary/aromatic N) is 4. The highest BCUT2D eigenvalue weighted by Gasteiger charge is 2.12. The number of fused-ring (bicyclic) bond motifs is 1. The van der Waals surface area contributed by atoms with Gasteiger partial charge in [0.1, 0.15) is 5.82 Å². The van der Waals surface area contributed by atoms with Gasteiger partial charge >= 0.3 is 0 Å². The van der Waals surface area contributed by atoms with Crippen LogP contribution in [-0.2, 0) is 11.8 Å². The van der Waals surface area contributed by atoms with Gasteiger partial charge in [-0.2, -0.15) is 15.1 Å². The maximum atomic E-state index is 6.22. The van der Waals surface area contributed by atoms with Crippen molar-refractivity contribution in [2.24, 2.45) is 7.05 Å². The Morgan fingerprint density at radius 3 is 2.88 bits per heavy atom. The van der Waals surface area contributed by atoms with E-state index in [1.165, 1.54) is 0 Å². The molecule has 0 atom stereocenters. The Balaban J connectivity index is 1.90. The van der Waals surface area contributed by atoms with Crippen LogP contribution in [-0.4, -0.2) is 40.0 Å². The molecular weight excluding hydrogens is 340 g/mol. The number of hydrogen-bond donors (Lipinski definition) is 2. The Labute approximate surface area is 151 Å². The summed E-state index contributed by atoms with van der Waals surface area (Å²) < 4.78 is 6.79. The summed E-state index contributed by atoms with van der Waals surface area (Å²) in [5.41, 5.74) is 2.65. The minimum absolute atomic E-state index is 0.549. The number of methoxy groups -OCH3 is 1. The van der Waals surface area contributed by atoms with Crippen LogP contribution in [0.4, 0.5) is 17.5 Å². The predicted molar refractivity (Wildman–Crippen MR) is 101 cm³/mol. The van der Waals surface area contributed by atoms with Crippen LogP contribution in [0.2, 0.25) is 5.02 Å². The Kier molecular flexibility index (Phi) is 5.35. The van der Waals surface area contributed by atoms with E-state index < -0.39 is 0 Å². The molecule has 2 N–H and O–H groups in total. The Hall–Kier alpha value is -2.38.